The van der Waals surface area contributed by atoms with Crippen LogP contribution in [-0.4, -0.2) is 74.1 Å². The summed E-state index contributed by atoms with van der Waals surface area (Å²) in [6.07, 6.45) is 1.36. The van der Waals surface area contributed by atoms with E-state index in [1.54, 1.807) is 18.7 Å². The van der Waals surface area contributed by atoms with Gasteiger partial charge in [-0.3, -0.25) is 24.5 Å². The van der Waals surface area contributed by atoms with Crippen molar-refractivity contribution in [1.29, 1.82) is 0 Å². The largest absolute Gasteiger partial charge is 0.389 e. The molecule has 9 nitrogen and oxygen atoms in total. The van der Waals surface area contributed by atoms with Crippen LogP contribution in [-0.2, 0) is 0 Å². The average Bonchev–Trinajstić information content (AvgIpc) is 2.53. The topological polar surface area (TPSA) is 122 Å². The lowest BCUT2D eigenvalue weighted by atomic mass is 10.1. The Labute approximate surface area is 143 Å². The maximum absolute atomic E-state index is 12.6. The number of nitrogens with one attached hydrogen (secondary N) is 2. The fraction of sp³-hybridized carbons (Fsp3) is 0.500. The third-order valence-electron chi connectivity index (χ3n) is 4.11. The summed E-state index contributed by atoms with van der Waals surface area (Å²) in [5, 5.41) is 10.1. The monoisotopic (exact) mass is 347 g/mol. The van der Waals surface area contributed by atoms with Gasteiger partial charge in [-0.25, -0.2) is 9.78 Å². The molecule has 2 aromatic heterocycles. The first kappa shape index (κ1) is 17.3. The zero-order valence-electron chi connectivity index (χ0n) is 14.2. The van der Waals surface area contributed by atoms with E-state index in [1.165, 1.54) is 12.3 Å². The van der Waals surface area contributed by atoms with Crippen LogP contribution in [0.3, 0.4) is 0 Å². The van der Waals surface area contributed by atoms with E-state index in [9.17, 15) is 19.5 Å². The number of piperazine rings is 1. The zero-order chi connectivity index (χ0) is 18.2. The smallest absolute Gasteiger partial charge is 0.327 e. The summed E-state index contributed by atoms with van der Waals surface area (Å²) in [5.41, 5.74) is -1.52. The number of aliphatic hydroxyl groups is 1. The first-order chi connectivity index (χ1) is 11.7. The molecule has 0 atom stereocenters. The molecule has 3 heterocycles. The molecule has 1 saturated heterocycles. The molecule has 3 N–H and O–H groups in total. The molecule has 1 aliphatic rings. The maximum atomic E-state index is 12.6. The minimum atomic E-state index is -0.771. The molecule has 0 saturated carbocycles. The number of pyridine rings is 1. The number of nitrogens with zero attached hydrogens (tertiary/aromatic N) is 3. The summed E-state index contributed by atoms with van der Waals surface area (Å²) in [6.45, 7) is 6.48. The van der Waals surface area contributed by atoms with Gasteiger partial charge in [-0.15, -0.1) is 0 Å². The minimum absolute atomic E-state index is 0.153. The van der Waals surface area contributed by atoms with Gasteiger partial charge in [0.2, 0.25) is 0 Å². The maximum Gasteiger partial charge on any atom is 0.327 e. The lowest BCUT2D eigenvalue weighted by molar-refractivity contribution is 0.0178. The Morgan fingerprint density at radius 3 is 2.56 bits per heavy atom. The van der Waals surface area contributed by atoms with E-state index in [1.807, 2.05) is 0 Å². The van der Waals surface area contributed by atoms with Gasteiger partial charge in [0.05, 0.1) is 16.6 Å². The van der Waals surface area contributed by atoms with Crippen molar-refractivity contribution in [3.05, 3.63) is 38.7 Å². The van der Waals surface area contributed by atoms with Crippen LogP contribution in [0.25, 0.3) is 11.0 Å². The number of fused-ring (bicyclic) bond motifs is 1. The molecule has 1 fully saturated rings. The van der Waals surface area contributed by atoms with Crippen LogP contribution >= 0.6 is 0 Å². The number of carbonyl (C=O) groups is 1. The Kier molecular flexibility index (Phi) is 4.44. The highest BCUT2D eigenvalue weighted by atomic mass is 16.3. The molecule has 1 aliphatic heterocycles. The number of carbonyl (C=O) groups excluding carboxylic acids is 1. The van der Waals surface area contributed by atoms with Crippen LogP contribution < -0.4 is 11.2 Å². The SMILES string of the molecule is CC(C)(O)CN1CCN(C(=O)c2cnc3[nH]c(=O)[nH]c(=O)c3c2)CC1. The van der Waals surface area contributed by atoms with Gasteiger partial charge in [0.15, 0.2) is 0 Å². The molecule has 0 radical (unpaired) electrons. The van der Waals surface area contributed by atoms with Crippen molar-refractivity contribution < 1.29 is 9.90 Å². The van der Waals surface area contributed by atoms with Gasteiger partial charge in [0, 0.05) is 38.9 Å². The van der Waals surface area contributed by atoms with Crippen LogP contribution in [0, 0.1) is 0 Å². The number of H-pyrrole nitrogens is 2. The number of hydrogen-bond acceptors (Lipinski definition) is 6. The first-order valence-corrected chi connectivity index (χ1v) is 8.09. The summed E-state index contributed by atoms with van der Waals surface area (Å²) in [5.74, 6) is -0.206. The van der Waals surface area contributed by atoms with E-state index in [2.05, 4.69) is 19.9 Å². The van der Waals surface area contributed by atoms with Crippen LogP contribution in [0.2, 0.25) is 0 Å². The second-order valence-electron chi connectivity index (χ2n) is 6.91. The number of amides is 1. The van der Waals surface area contributed by atoms with Gasteiger partial charge in [-0.2, -0.15) is 0 Å². The van der Waals surface area contributed by atoms with Crippen molar-refractivity contribution >= 4 is 16.9 Å². The van der Waals surface area contributed by atoms with Gasteiger partial charge in [-0.05, 0) is 19.9 Å². The Morgan fingerprint density at radius 1 is 1.24 bits per heavy atom. The van der Waals surface area contributed by atoms with E-state index in [0.29, 0.717) is 38.3 Å². The van der Waals surface area contributed by atoms with Gasteiger partial charge in [0.25, 0.3) is 11.5 Å². The highest BCUT2D eigenvalue weighted by molar-refractivity contribution is 5.96. The molecule has 0 spiro atoms. The average molecular weight is 347 g/mol. The summed E-state index contributed by atoms with van der Waals surface area (Å²) in [6, 6.07) is 1.45. The summed E-state index contributed by atoms with van der Waals surface area (Å²) >= 11 is 0. The molecule has 0 unspecified atom stereocenters. The standard InChI is InChI=1S/C16H21N5O4/c1-16(2,25)9-20-3-5-21(6-4-20)14(23)10-7-11-12(17-8-10)18-15(24)19-13(11)22/h7-8,25H,3-6,9H2,1-2H3,(H2,17,18,19,22,24). The van der Waals surface area contributed by atoms with Crippen molar-refractivity contribution in [3.63, 3.8) is 0 Å². The number of aromatic nitrogens is 3. The third kappa shape index (κ3) is 3.94. The Balaban J connectivity index is 1.75. The predicted octanol–water partition coefficient (Wildman–Crippen LogP) is -0.860. The number of β-amino-alcohol motifs (C(OH)–C–C–N with tert-alkyl or cyclic N) is 1. The van der Waals surface area contributed by atoms with Crippen molar-refractivity contribution in [1.82, 2.24) is 24.8 Å². The van der Waals surface area contributed by atoms with E-state index >= 15 is 0 Å². The fourth-order valence-corrected chi connectivity index (χ4v) is 3.00. The second kappa shape index (κ2) is 6.41. The molecule has 134 valence electrons. The third-order valence-corrected chi connectivity index (χ3v) is 4.11. The Bertz CT molecular complexity index is 903. The molecule has 1 amide bonds. The quantitative estimate of drug-likeness (QED) is 0.664. The lowest BCUT2D eigenvalue weighted by Gasteiger charge is -2.37. The first-order valence-electron chi connectivity index (χ1n) is 8.09. The van der Waals surface area contributed by atoms with Crippen molar-refractivity contribution in [3.8, 4) is 0 Å². The van der Waals surface area contributed by atoms with Gasteiger partial charge < -0.3 is 10.0 Å². The summed E-state index contributed by atoms with van der Waals surface area (Å²) in [4.78, 5) is 48.1. The van der Waals surface area contributed by atoms with Gasteiger partial charge in [0.1, 0.15) is 5.65 Å². The Hall–Kier alpha value is -2.52. The van der Waals surface area contributed by atoms with Crippen LogP contribution in [0.1, 0.15) is 24.2 Å². The normalized spacial score (nSPS) is 16.4. The Morgan fingerprint density at radius 2 is 1.92 bits per heavy atom. The lowest BCUT2D eigenvalue weighted by Crippen LogP contribution is -2.52. The van der Waals surface area contributed by atoms with Gasteiger partial charge >= 0.3 is 5.69 Å². The van der Waals surface area contributed by atoms with Crippen molar-refractivity contribution in [2.75, 3.05) is 32.7 Å². The fourth-order valence-electron chi connectivity index (χ4n) is 3.00. The van der Waals surface area contributed by atoms with E-state index in [-0.39, 0.29) is 16.9 Å². The molecule has 0 bridgehead atoms. The molecule has 2 aromatic rings. The van der Waals surface area contributed by atoms with Crippen LogP contribution in [0.5, 0.6) is 0 Å². The molecular weight excluding hydrogens is 326 g/mol. The molecule has 25 heavy (non-hydrogen) atoms. The van der Waals surface area contributed by atoms with Gasteiger partial charge in [-0.1, -0.05) is 0 Å². The molecule has 3 rings (SSSR count). The van der Waals surface area contributed by atoms with Crippen molar-refractivity contribution in [2.45, 2.75) is 19.4 Å². The summed E-state index contributed by atoms with van der Waals surface area (Å²) in [7, 11) is 0. The van der Waals surface area contributed by atoms with E-state index in [4.69, 9.17) is 0 Å². The van der Waals surface area contributed by atoms with E-state index in [0.717, 1.165) is 0 Å². The number of rotatable bonds is 3. The number of aromatic amines is 2. The zero-order valence-corrected chi connectivity index (χ0v) is 14.2. The molecular formula is C16H21N5O4. The van der Waals surface area contributed by atoms with Crippen LogP contribution in [0.15, 0.2) is 21.9 Å². The molecule has 0 aromatic carbocycles. The summed E-state index contributed by atoms with van der Waals surface area (Å²) < 4.78 is 0. The molecule has 9 heteroatoms. The highest BCUT2D eigenvalue weighted by Gasteiger charge is 2.26. The highest BCUT2D eigenvalue weighted by Crippen LogP contribution is 2.13. The predicted molar refractivity (Wildman–Crippen MR) is 91.6 cm³/mol. The molecule has 0 aliphatic carbocycles. The van der Waals surface area contributed by atoms with Crippen molar-refractivity contribution in [2.24, 2.45) is 0 Å². The second-order valence-corrected chi connectivity index (χ2v) is 6.91. The number of hydrogen-bond donors (Lipinski definition) is 3. The van der Waals surface area contributed by atoms with E-state index < -0.39 is 16.9 Å². The van der Waals surface area contributed by atoms with Crippen LogP contribution in [0.4, 0.5) is 0 Å². The minimum Gasteiger partial charge on any atom is -0.389 e.